The molecule has 92 valence electrons. The number of carbonyl (C=O) groups is 1. The molecule has 0 spiro atoms. The van der Waals surface area contributed by atoms with E-state index in [1.807, 2.05) is 22.6 Å². The predicted octanol–water partition coefficient (Wildman–Crippen LogP) is 0.736. The molecular weight excluding hydrogens is 218 g/mol. The van der Waals surface area contributed by atoms with Crippen LogP contribution in [-0.4, -0.2) is 40.8 Å². The molecule has 1 aliphatic rings. The average molecular weight is 235 g/mol. The van der Waals surface area contributed by atoms with E-state index in [1.54, 1.807) is 19.3 Å². The summed E-state index contributed by atoms with van der Waals surface area (Å²) in [5, 5.41) is 4.36. The Labute approximate surface area is 101 Å². The van der Waals surface area contributed by atoms with Crippen molar-refractivity contribution in [1.82, 2.24) is 14.7 Å². The molecule has 1 amide bonds. The van der Waals surface area contributed by atoms with E-state index in [2.05, 4.69) is 5.10 Å². The molecule has 1 aromatic rings. The molecule has 2 rings (SSSR count). The SMILES string of the molecule is COC/C=C/C(=O)N1CCn2nc(C)cc2C1. The van der Waals surface area contributed by atoms with Crippen molar-refractivity contribution in [3.05, 3.63) is 29.6 Å². The van der Waals surface area contributed by atoms with Crippen molar-refractivity contribution in [2.45, 2.75) is 20.0 Å². The molecule has 2 heterocycles. The lowest BCUT2D eigenvalue weighted by atomic mass is 10.2. The van der Waals surface area contributed by atoms with Crippen LogP contribution < -0.4 is 0 Å². The quantitative estimate of drug-likeness (QED) is 0.726. The smallest absolute Gasteiger partial charge is 0.246 e. The number of nitrogens with zero attached hydrogens (tertiary/aromatic N) is 3. The number of carbonyl (C=O) groups excluding carboxylic acids is 1. The minimum Gasteiger partial charge on any atom is -0.381 e. The summed E-state index contributed by atoms with van der Waals surface area (Å²) in [6.07, 6.45) is 3.31. The van der Waals surface area contributed by atoms with Crippen LogP contribution in [0, 0.1) is 6.92 Å². The third-order valence-corrected chi connectivity index (χ3v) is 2.76. The average Bonchev–Trinajstić information content (AvgIpc) is 2.68. The monoisotopic (exact) mass is 235 g/mol. The zero-order chi connectivity index (χ0) is 12.3. The maximum atomic E-state index is 11.8. The van der Waals surface area contributed by atoms with Crippen molar-refractivity contribution in [1.29, 1.82) is 0 Å². The molecule has 17 heavy (non-hydrogen) atoms. The van der Waals surface area contributed by atoms with Crippen molar-refractivity contribution >= 4 is 5.91 Å². The maximum absolute atomic E-state index is 11.8. The molecule has 1 aliphatic heterocycles. The summed E-state index contributed by atoms with van der Waals surface area (Å²) in [7, 11) is 1.61. The fourth-order valence-electron chi connectivity index (χ4n) is 1.95. The second kappa shape index (κ2) is 5.14. The number of hydrogen-bond donors (Lipinski definition) is 0. The van der Waals surface area contributed by atoms with E-state index in [1.165, 1.54) is 0 Å². The lowest BCUT2D eigenvalue weighted by Gasteiger charge is -2.26. The van der Waals surface area contributed by atoms with Crippen LogP contribution in [0.15, 0.2) is 18.2 Å². The largest absolute Gasteiger partial charge is 0.381 e. The summed E-state index contributed by atoms with van der Waals surface area (Å²) in [6, 6.07) is 2.03. The first-order valence-electron chi connectivity index (χ1n) is 5.68. The molecule has 0 radical (unpaired) electrons. The van der Waals surface area contributed by atoms with Crippen LogP contribution in [0.2, 0.25) is 0 Å². The summed E-state index contributed by atoms with van der Waals surface area (Å²) in [4.78, 5) is 13.7. The van der Waals surface area contributed by atoms with Crippen molar-refractivity contribution in [3.63, 3.8) is 0 Å². The Morgan fingerprint density at radius 2 is 2.41 bits per heavy atom. The number of aromatic nitrogens is 2. The topological polar surface area (TPSA) is 47.4 Å². The van der Waals surface area contributed by atoms with Gasteiger partial charge in [0.1, 0.15) is 0 Å². The van der Waals surface area contributed by atoms with Crippen LogP contribution in [0.1, 0.15) is 11.4 Å². The molecule has 0 aromatic carbocycles. The first-order valence-corrected chi connectivity index (χ1v) is 5.68. The number of ether oxygens (including phenoxy) is 1. The molecule has 5 heteroatoms. The fraction of sp³-hybridized carbons (Fsp3) is 0.500. The number of hydrogen-bond acceptors (Lipinski definition) is 3. The van der Waals surface area contributed by atoms with Gasteiger partial charge in [-0.1, -0.05) is 6.08 Å². The number of rotatable bonds is 3. The van der Waals surface area contributed by atoms with Crippen LogP contribution in [0.5, 0.6) is 0 Å². The Morgan fingerprint density at radius 1 is 1.59 bits per heavy atom. The van der Waals surface area contributed by atoms with Crippen molar-refractivity contribution in [2.75, 3.05) is 20.3 Å². The third kappa shape index (κ3) is 2.74. The minimum atomic E-state index is 0.0344. The van der Waals surface area contributed by atoms with E-state index in [4.69, 9.17) is 4.74 Å². The van der Waals surface area contributed by atoms with Crippen LogP contribution in [0.4, 0.5) is 0 Å². The van der Waals surface area contributed by atoms with E-state index in [0.29, 0.717) is 19.7 Å². The van der Waals surface area contributed by atoms with Gasteiger partial charge in [-0.15, -0.1) is 0 Å². The Morgan fingerprint density at radius 3 is 3.18 bits per heavy atom. The molecule has 0 aliphatic carbocycles. The highest BCUT2D eigenvalue weighted by Gasteiger charge is 2.19. The van der Waals surface area contributed by atoms with Gasteiger partial charge in [0.15, 0.2) is 0 Å². The van der Waals surface area contributed by atoms with E-state index >= 15 is 0 Å². The van der Waals surface area contributed by atoms with Gasteiger partial charge >= 0.3 is 0 Å². The zero-order valence-corrected chi connectivity index (χ0v) is 10.2. The molecule has 1 aromatic heterocycles. The van der Waals surface area contributed by atoms with Gasteiger partial charge in [0, 0.05) is 19.7 Å². The van der Waals surface area contributed by atoms with E-state index < -0.39 is 0 Å². The second-order valence-electron chi connectivity index (χ2n) is 4.12. The zero-order valence-electron chi connectivity index (χ0n) is 10.2. The van der Waals surface area contributed by atoms with Gasteiger partial charge in [0.2, 0.25) is 5.91 Å². The maximum Gasteiger partial charge on any atom is 0.246 e. The highest BCUT2D eigenvalue weighted by atomic mass is 16.5. The summed E-state index contributed by atoms with van der Waals surface area (Å²) in [5.41, 5.74) is 2.10. The van der Waals surface area contributed by atoms with Crippen LogP contribution in [-0.2, 0) is 22.6 Å². The Kier molecular flexibility index (Phi) is 3.58. The molecule has 5 nitrogen and oxygen atoms in total. The normalized spacial score (nSPS) is 15.3. The van der Waals surface area contributed by atoms with Gasteiger partial charge in [-0.2, -0.15) is 5.10 Å². The molecule has 0 atom stereocenters. The van der Waals surface area contributed by atoms with Gasteiger partial charge in [-0.3, -0.25) is 9.48 Å². The van der Waals surface area contributed by atoms with Crippen molar-refractivity contribution < 1.29 is 9.53 Å². The summed E-state index contributed by atoms with van der Waals surface area (Å²) < 4.78 is 6.84. The lowest BCUT2D eigenvalue weighted by Crippen LogP contribution is -2.37. The molecule has 0 unspecified atom stereocenters. The van der Waals surface area contributed by atoms with Crippen LogP contribution >= 0.6 is 0 Å². The standard InChI is InChI=1S/C12H17N3O2/c1-10-8-11-9-14(5-6-15(11)13-10)12(16)4-3-7-17-2/h3-4,8H,5-7,9H2,1-2H3/b4-3+. The summed E-state index contributed by atoms with van der Waals surface area (Å²) in [6.45, 7) is 4.56. The van der Waals surface area contributed by atoms with Gasteiger partial charge in [0.05, 0.1) is 31.1 Å². The Bertz CT molecular complexity index is 437. The van der Waals surface area contributed by atoms with Crippen LogP contribution in [0.3, 0.4) is 0 Å². The third-order valence-electron chi connectivity index (χ3n) is 2.76. The number of aryl methyl sites for hydroxylation is 1. The van der Waals surface area contributed by atoms with Gasteiger partial charge < -0.3 is 9.64 Å². The first-order chi connectivity index (χ1) is 8.20. The van der Waals surface area contributed by atoms with Crippen molar-refractivity contribution in [3.8, 4) is 0 Å². The molecule has 0 N–H and O–H groups in total. The number of fused-ring (bicyclic) bond motifs is 1. The van der Waals surface area contributed by atoms with Gasteiger partial charge in [0.25, 0.3) is 0 Å². The molecule has 0 saturated carbocycles. The molecule has 0 bridgehead atoms. The van der Waals surface area contributed by atoms with Crippen molar-refractivity contribution in [2.24, 2.45) is 0 Å². The highest BCUT2D eigenvalue weighted by molar-refractivity contribution is 5.87. The van der Waals surface area contributed by atoms with E-state index in [0.717, 1.165) is 17.9 Å². The lowest BCUT2D eigenvalue weighted by molar-refractivity contribution is -0.127. The fourth-order valence-corrected chi connectivity index (χ4v) is 1.95. The predicted molar refractivity (Wildman–Crippen MR) is 63.4 cm³/mol. The number of amides is 1. The van der Waals surface area contributed by atoms with E-state index in [9.17, 15) is 4.79 Å². The van der Waals surface area contributed by atoms with Gasteiger partial charge in [-0.25, -0.2) is 0 Å². The Balaban J connectivity index is 1.99. The van der Waals surface area contributed by atoms with E-state index in [-0.39, 0.29) is 5.91 Å². The summed E-state index contributed by atoms with van der Waals surface area (Å²) >= 11 is 0. The number of methoxy groups -OCH3 is 1. The minimum absolute atomic E-state index is 0.0344. The highest BCUT2D eigenvalue weighted by Crippen LogP contribution is 2.13. The first kappa shape index (κ1) is 11.9. The molecular formula is C12H17N3O2. The molecule has 0 fully saturated rings. The molecule has 0 saturated heterocycles. The Hall–Kier alpha value is -1.62. The summed E-state index contributed by atoms with van der Waals surface area (Å²) in [5.74, 6) is 0.0344. The van der Waals surface area contributed by atoms with Gasteiger partial charge in [-0.05, 0) is 13.0 Å². The van der Waals surface area contributed by atoms with Crippen LogP contribution in [0.25, 0.3) is 0 Å². The second-order valence-corrected chi connectivity index (χ2v) is 4.12.